The smallest absolute Gasteiger partial charge is 0.355 e. The molecular weight excluding hydrogens is 534 g/mol. The molecule has 0 spiro atoms. The van der Waals surface area contributed by atoms with Gasteiger partial charge in [0, 0.05) is 32.4 Å². The van der Waals surface area contributed by atoms with Gasteiger partial charge in [-0.25, -0.2) is 26.4 Å². The van der Waals surface area contributed by atoms with Gasteiger partial charge >= 0.3 is 11.9 Å². The first-order valence-corrected chi connectivity index (χ1v) is 14.9. The van der Waals surface area contributed by atoms with Crippen molar-refractivity contribution in [1.29, 1.82) is 0 Å². The second-order valence-electron chi connectivity index (χ2n) is 8.08. The number of rotatable bonds is 11. The SMILES string of the molecule is CCN(CC)S(=O)(=O)c1cc(C)c(N2C=CC=CC(C(=O)OC)=C2C(=O)OC)cc1S(=O)(=O)N(CC)CC. The zero-order valence-corrected chi connectivity index (χ0v) is 24.3. The van der Waals surface area contributed by atoms with Crippen molar-refractivity contribution in [2.75, 3.05) is 45.3 Å². The molecule has 0 N–H and O–H groups in total. The standard InChI is InChI=1S/C25H35N3O8S2/c1-8-26(9-2)37(31,32)21-16-18(5)20(17-22(21)38(33,34)27(10-3)11-4)28-15-13-12-14-19(24(29)35-6)23(28)25(30)36-7/h12-17H,8-11H2,1-7H3. The molecule has 2 rings (SSSR count). The fourth-order valence-electron chi connectivity index (χ4n) is 4.07. The third-order valence-electron chi connectivity index (χ3n) is 6.06. The average molecular weight is 570 g/mol. The molecule has 0 saturated carbocycles. The number of anilines is 1. The van der Waals surface area contributed by atoms with E-state index in [0.29, 0.717) is 5.56 Å². The molecule has 1 aliphatic rings. The van der Waals surface area contributed by atoms with Gasteiger partial charge in [0.05, 0.1) is 25.5 Å². The van der Waals surface area contributed by atoms with Crippen molar-refractivity contribution in [3.8, 4) is 0 Å². The van der Waals surface area contributed by atoms with Gasteiger partial charge in [-0.3, -0.25) is 0 Å². The lowest BCUT2D eigenvalue weighted by Gasteiger charge is -2.28. The van der Waals surface area contributed by atoms with E-state index in [1.54, 1.807) is 34.6 Å². The Morgan fingerprint density at radius 3 is 1.71 bits per heavy atom. The number of aryl methyl sites for hydroxylation is 1. The summed E-state index contributed by atoms with van der Waals surface area (Å²) in [6.45, 7) is 8.72. The molecular formula is C25H35N3O8S2. The number of hydrogen-bond acceptors (Lipinski definition) is 9. The molecule has 0 atom stereocenters. The Morgan fingerprint density at radius 2 is 1.26 bits per heavy atom. The van der Waals surface area contributed by atoms with Crippen molar-refractivity contribution in [2.24, 2.45) is 0 Å². The van der Waals surface area contributed by atoms with E-state index < -0.39 is 36.9 Å². The van der Waals surface area contributed by atoms with Crippen molar-refractivity contribution in [2.45, 2.75) is 44.4 Å². The largest absolute Gasteiger partial charge is 0.465 e. The number of hydrogen-bond donors (Lipinski definition) is 0. The second-order valence-corrected chi connectivity index (χ2v) is 11.9. The quantitative estimate of drug-likeness (QED) is 0.369. The Hall–Kier alpha value is -3.00. The average Bonchev–Trinajstić information content (AvgIpc) is 3.11. The van der Waals surface area contributed by atoms with Gasteiger partial charge in [-0.15, -0.1) is 0 Å². The molecule has 1 aromatic rings. The number of sulfonamides is 2. The highest BCUT2D eigenvalue weighted by Crippen LogP contribution is 2.36. The molecule has 11 nitrogen and oxygen atoms in total. The van der Waals surface area contributed by atoms with Crippen LogP contribution in [0.15, 0.2) is 57.6 Å². The van der Waals surface area contributed by atoms with Crippen LogP contribution in [0.2, 0.25) is 0 Å². The van der Waals surface area contributed by atoms with Gasteiger partial charge in [0.1, 0.15) is 15.5 Å². The van der Waals surface area contributed by atoms with E-state index in [2.05, 4.69) is 0 Å². The molecule has 13 heteroatoms. The van der Waals surface area contributed by atoms with Crippen molar-refractivity contribution in [3.63, 3.8) is 0 Å². The Kier molecular flexibility index (Phi) is 10.4. The van der Waals surface area contributed by atoms with Crippen LogP contribution in [0.4, 0.5) is 5.69 Å². The van der Waals surface area contributed by atoms with Crippen LogP contribution >= 0.6 is 0 Å². The highest BCUT2D eigenvalue weighted by molar-refractivity contribution is 7.92. The van der Waals surface area contributed by atoms with Crippen LogP contribution in [0.1, 0.15) is 33.3 Å². The highest BCUT2D eigenvalue weighted by atomic mass is 32.2. The minimum Gasteiger partial charge on any atom is -0.465 e. The number of allylic oxidation sites excluding steroid dienone is 2. The normalized spacial score (nSPS) is 14.3. The molecule has 0 fully saturated rings. The minimum absolute atomic E-state index is 0.111. The molecule has 38 heavy (non-hydrogen) atoms. The van der Waals surface area contributed by atoms with E-state index in [-0.39, 0.29) is 48.0 Å². The first kappa shape index (κ1) is 31.2. The Bertz CT molecular complexity index is 1370. The molecule has 0 aliphatic carbocycles. The van der Waals surface area contributed by atoms with Gasteiger partial charge in [0.15, 0.2) is 0 Å². The van der Waals surface area contributed by atoms with E-state index in [9.17, 15) is 26.4 Å². The summed E-state index contributed by atoms with van der Waals surface area (Å²) in [7, 11) is -6.19. The predicted molar refractivity (Wildman–Crippen MR) is 143 cm³/mol. The van der Waals surface area contributed by atoms with Crippen molar-refractivity contribution >= 4 is 37.7 Å². The predicted octanol–water partition coefficient (Wildman–Crippen LogP) is 2.55. The molecule has 210 valence electrons. The molecule has 1 heterocycles. The number of esters is 2. The third kappa shape index (κ3) is 5.85. The summed E-state index contributed by atoms with van der Waals surface area (Å²) < 4.78 is 66.9. The van der Waals surface area contributed by atoms with Crippen molar-refractivity contribution < 1.29 is 35.9 Å². The summed E-state index contributed by atoms with van der Waals surface area (Å²) in [5.74, 6) is -1.70. The lowest BCUT2D eigenvalue weighted by molar-refractivity contribution is -0.139. The van der Waals surface area contributed by atoms with Crippen LogP contribution in [0.3, 0.4) is 0 Å². The minimum atomic E-state index is -4.29. The molecule has 0 bridgehead atoms. The van der Waals surface area contributed by atoms with Crippen LogP contribution in [-0.4, -0.2) is 77.8 Å². The number of methoxy groups -OCH3 is 2. The first-order chi connectivity index (χ1) is 17.9. The number of benzene rings is 1. The monoisotopic (exact) mass is 569 g/mol. The van der Waals surface area contributed by atoms with Crippen molar-refractivity contribution in [1.82, 2.24) is 8.61 Å². The molecule has 0 radical (unpaired) electrons. The van der Waals surface area contributed by atoms with Crippen LogP contribution in [-0.2, 0) is 39.1 Å². The number of carbonyl (C=O) groups is 2. The van der Waals surface area contributed by atoms with Gasteiger partial charge in [-0.2, -0.15) is 8.61 Å². The van der Waals surface area contributed by atoms with Crippen molar-refractivity contribution in [3.05, 3.63) is 53.4 Å². The second kappa shape index (κ2) is 12.7. The van der Waals surface area contributed by atoms with E-state index in [1.165, 1.54) is 45.8 Å². The Balaban J connectivity index is 3.05. The van der Waals surface area contributed by atoms with E-state index in [0.717, 1.165) is 18.5 Å². The van der Waals surface area contributed by atoms with Crippen LogP contribution in [0.25, 0.3) is 0 Å². The Morgan fingerprint density at radius 1 is 0.789 bits per heavy atom. The highest BCUT2D eigenvalue weighted by Gasteiger charge is 2.36. The number of carbonyl (C=O) groups excluding carboxylic acids is 2. The van der Waals surface area contributed by atoms with Gasteiger partial charge < -0.3 is 14.4 Å². The summed E-state index contributed by atoms with van der Waals surface area (Å²) in [6, 6.07) is 2.49. The maximum Gasteiger partial charge on any atom is 0.355 e. The summed E-state index contributed by atoms with van der Waals surface area (Å²) >= 11 is 0. The maximum atomic E-state index is 13.8. The zero-order chi connectivity index (χ0) is 28.8. The van der Waals surface area contributed by atoms with E-state index in [1.807, 2.05) is 0 Å². The molecule has 0 aromatic heterocycles. The molecule has 0 amide bonds. The lowest BCUT2D eigenvalue weighted by atomic mass is 10.1. The maximum absolute atomic E-state index is 13.8. The van der Waals surface area contributed by atoms with Gasteiger partial charge in [-0.1, -0.05) is 33.8 Å². The molecule has 0 saturated heterocycles. The zero-order valence-electron chi connectivity index (χ0n) is 22.7. The summed E-state index contributed by atoms with van der Waals surface area (Å²) in [4.78, 5) is 25.9. The molecule has 0 unspecified atom stereocenters. The number of nitrogens with zero attached hydrogens (tertiary/aromatic N) is 3. The summed E-state index contributed by atoms with van der Waals surface area (Å²) in [5, 5.41) is 0. The molecule has 1 aromatic carbocycles. The van der Waals surface area contributed by atoms with Crippen LogP contribution < -0.4 is 4.90 Å². The van der Waals surface area contributed by atoms with Gasteiger partial charge in [0.2, 0.25) is 20.0 Å². The fourth-order valence-corrected chi connectivity index (χ4v) is 7.83. The van der Waals surface area contributed by atoms with E-state index in [4.69, 9.17) is 9.47 Å². The van der Waals surface area contributed by atoms with Crippen LogP contribution in [0.5, 0.6) is 0 Å². The van der Waals surface area contributed by atoms with Crippen LogP contribution in [0, 0.1) is 6.92 Å². The Labute approximate surface area is 225 Å². The van der Waals surface area contributed by atoms with E-state index >= 15 is 0 Å². The fraction of sp³-hybridized carbons (Fsp3) is 0.440. The number of ether oxygens (including phenoxy) is 2. The first-order valence-electron chi connectivity index (χ1n) is 12.1. The van der Waals surface area contributed by atoms with Gasteiger partial charge in [0.25, 0.3) is 0 Å². The lowest BCUT2D eigenvalue weighted by Crippen LogP contribution is -2.35. The third-order valence-corrected chi connectivity index (χ3v) is 10.4. The van der Waals surface area contributed by atoms with Gasteiger partial charge in [-0.05, 0) is 36.8 Å². The molecule has 1 aliphatic heterocycles. The summed E-state index contributed by atoms with van der Waals surface area (Å²) in [5.41, 5.74) is 0.150. The summed E-state index contributed by atoms with van der Waals surface area (Å²) in [6.07, 6.45) is 5.87. The topological polar surface area (TPSA) is 131 Å².